The zero-order valence-corrected chi connectivity index (χ0v) is 12.5. The molecule has 0 aliphatic carbocycles. The van der Waals surface area contributed by atoms with Gasteiger partial charge in [0, 0.05) is 10.2 Å². The van der Waals surface area contributed by atoms with E-state index in [0.29, 0.717) is 0 Å². The average molecular weight is 337 g/mol. The fourth-order valence-corrected chi connectivity index (χ4v) is 1.93. The van der Waals surface area contributed by atoms with Crippen LogP contribution in [-0.4, -0.2) is 12.5 Å². The van der Waals surface area contributed by atoms with Gasteiger partial charge in [0.2, 0.25) is 5.91 Å². The summed E-state index contributed by atoms with van der Waals surface area (Å²) in [6, 6.07) is 12.1. The molecular formula is C15H14BrFN2O. The quantitative estimate of drug-likeness (QED) is 0.887. The molecular weight excluding hydrogens is 323 g/mol. The smallest absolute Gasteiger partial charge is 0.243 e. The van der Waals surface area contributed by atoms with Crippen LogP contribution in [0.3, 0.4) is 0 Å². The van der Waals surface area contributed by atoms with Crippen LogP contribution in [0.4, 0.5) is 15.8 Å². The van der Waals surface area contributed by atoms with Gasteiger partial charge in [0.1, 0.15) is 5.82 Å². The molecule has 0 saturated carbocycles. The maximum absolute atomic E-state index is 13.6. The van der Waals surface area contributed by atoms with Gasteiger partial charge in [-0.1, -0.05) is 22.0 Å². The zero-order valence-electron chi connectivity index (χ0n) is 10.9. The normalized spacial score (nSPS) is 10.2. The Morgan fingerprint density at radius 1 is 1.20 bits per heavy atom. The first kappa shape index (κ1) is 14.5. The number of hydrogen-bond donors (Lipinski definition) is 2. The molecule has 104 valence electrons. The summed E-state index contributed by atoms with van der Waals surface area (Å²) in [6.45, 7) is 1.87. The number of nitrogens with one attached hydrogen (secondary N) is 2. The molecule has 2 N–H and O–H groups in total. The molecule has 0 radical (unpaired) electrons. The molecule has 20 heavy (non-hydrogen) atoms. The van der Waals surface area contributed by atoms with E-state index in [1.807, 2.05) is 24.3 Å². The second-order valence-electron chi connectivity index (χ2n) is 4.39. The molecule has 0 bridgehead atoms. The maximum Gasteiger partial charge on any atom is 0.243 e. The number of aryl methyl sites for hydroxylation is 1. The lowest BCUT2D eigenvalue weighted by Gasteiger charge is -2.09. The summed E-state index contributed by atoms with van der Waals surface area (Å²) in [4.78, 5) is 11.7. The number of hydrogen-bond acceptors (Lipinski definition) is 2. The van der Waals surface area contributed by atoms with E-state index in [4.69, 9.17) is 0 Å². The highest BCUT2D eigenvalue weighted by atomic mass is 79.9. The molecule has 1 amide bonds. The second-order valence-corrected chi connectivity index (χ2v) is 5.31. The van der Waals surface area contributed by atoms with E-state index in [9.17, 15) is 9.18 Å². The van der Waals surface area contributed by atoms with E-state index in [1.165, 1.54) is 6.07 Å². The maximum atomic E-state index is 13.6. The standard InChI is InChI=1S/C15H14BrFN2O/c1-10-2-7-14(13(17)8-10)19-15(20)9-18-12-5-3-11(16)4-6-12/h2-8,18H,9H2,1H3,(H,19,20). The van der Waals surface area contributed by atoms with Gasteiger partial charge in [-0.05, 0) is 48.9 Å². The monoisotopic (exact) mass is 336 g/mol. The van der Waals surface area contributed by atoms with Crippen LogP contribution in [0.1, 0.15) is 5.56 Å². The van der Waals surface area contributed by atoms with E-state index in [0.717, 1.165) is 15.7 Å². The largest absolute Gasteiger partial charge is 0.376 e. The third-order valence-electron chi connectivity index (χ3n) is 2.70. The van der Waals surface area contributed by atoms with Crippen LogP contribution < -0.4 is 10.6 Å². The Hall–Kier alpha value is -1.88. The molecule has 2 aromatic carbocycles. The Labute approximate surface area is 125 Å². The number of amides is 1. The van der Waals surface area contributed by atoms with Crippen molar-refractivity contribution in [1.82, 2.24) is 0 Å². The Balaban J connectivity index is 1.90. The van der Waals surface area contributed by atoms with Crippen molar-refractivity contribution in [1.29, 1.82) is 0 Å². The molecule has 5 heteroatoms. The first-order valence-electron chi connectivity index (χ1n) is 6.10. The lowest BCUT2D eigenvalue weighted by atomic mass is 10.2. The van der Waals surface area contributed by atoms with Crippen molar-refractivity contribution in [3.8, 4) is 0 Å². The minimum Gasteiger partial charge on any atom is -0.376 e. The molecule has 0 spiro atoms. The van der Waals surface area contributed by atoms with Crippen LogP contribution in [0.15, 0.2) is 46.9 Å². The summed E-state index contributed by atoms with van der Waals surface area (Å²) in [7, 11) is 0. The highest BCUT2D eigenvalue weighted by Gasteiger charge is 2.06. The number of halogens is 2. The van der Waals surface area contributed by atoms with Crippen LogP contribution in [-0.2, 0) is 4.79 Å². The van der Waals surface area contributed by atoms with Gasteiger partial charge in [0.15, 0.2) is 0 Å². The van der Waals surface area contributed by atoms with Gasteiger partial charge >= 0.3 is 0 Å². The number of anilines is 2. The van der Waals surface area contributed by atoms with E-state index in [2.05, 4.69) is 26.6 Å². The van der Waals surface area contributed by atoms with Gasteiger partial charge in [-0.2, -0.15) is 0 Å². The van der Waals surface area contributed by atoms with Gasteiger partial charge in [-0.25, -0.2) is 4.39 Å². The van der Waals surface area contributed by atoms with Gasteiger partial charge in [-0.15, -0.1) is 0 Å². The fourth-order valence-electron chi connectivity index (χ4n) is 1.67. The molecule has 2 aromatic rings. The summed E-state index contributed by atoms with van der Waals surface area (Å²) in [5.41, 5.74) is 1.83. The van der Waals surface area contributed by atoms with E-state index in [-0.39, 0.29) is 18.1 Å². The number of carbonyl (C=O) groups excluding carboxylic acids is 1. The molecule has 0 aromatic heterocycles. The van der Waals surface area contributed by atoms with Crippen molar-refractivity contribution in [2.24, 2.45) is 0 Å². The van der Waals surface area contributed by atoms with Crippen LogP contribution >= 0.6 is 15.9 Å². The molecule has 3 nitrogen and oxygen atoms in total. The molecule has 0 atom stereocenters. The van der Waals surface area contributed by atoms with Gasteiger partial charge in [0.05, 0.1) is 12.2 Å². The summed E-state index contributed by atoms with van der Waals surface area (Å²) < 4.78 is 14.5. The topological polar surface area (TPSA) is 41.1 Å². The highest BCUT2D eigenvalue weighted by Crippen LogP contribution is 2.16. The van der Waals surface area contributed by atoms with Gasteiger partial charge < -0.3 is 10.6 Å². The summed E-state index contributed by atoms with van der Waals surface area (Å²) in [5, 5.41) is 5.50. The molecule has 0 aliphatic rings. The molecule has 0 unspecified atom stereocenters. The van der Waals surface area contributed by atoms with Crippen LogP contribution in [0.5, 0.6) is 0 Å². The lowest BCUT2D eigenvalue weighted by Crippen LogP contribution is -2.22. The predicted molar refractivity (Wildman–Crippen MR) is 82.4 cm³/mol. The van der Waals surface area contributed by atoms with Crippen LogP contribution in [0.2, 0.25) is 0 Å². The van der Waals surface area contributed by atoms with E-state index in [1.54, 1.807) is 19.1 Å². The van der Waals surface area contributed by atoms with Gasteiger partial charge in [0.25, 0.3) is 0 Å². The van der Waals surface area contributed by atoms with Crippen molar-refractivity contribution in [2.45, 2.75) is 6.92 Å². The summed E-state index contributed by atoms with van der Waals surface area (Å²) >= 11 is 3.33. The Bertz CT molecular complexity index is 614. The third-order valence-corrected chi connectivity index (χ3v) is 3.22. The van der Waals surface area contributed by atoms with Crippen molar-refractivity contribution < 1.29 is 9.18 Å². The van der Waals surface area contributed by atoms with Crippen LogP contribution in [0, 0.1) is 12.7 Å². The van der Waals surface area contributed by atoms with Crippen LogP contribution in [0.25, 0.3) is 0 Å². The number of benzene rings is 2. The average Bonchev–Trinajstić information content (AvgIpc) is 2.41. The molecule has 2 rings (SSSR count). The Kier molecular flexibility index (Phi) is 4.74. The number of rotatable bonds is 4. The molecule has 0 heterocycles. The summed E-state index contributed by atoms with van der Waals surface area (Å²) in [6.07, 6.45) is 0. The Morgan fingerprint density at radius 2 is 1.90 bits per heavy atom. The fraction of sp³-hybridized carbons (Fsp3) is 0.133. The van der Waals surface area contributed by atoms with Crippen molar-refractivity contribution >= 4 is 33.2 Å². The van der Waals surface area contributed by atoms with E-state index < -0.39 is 5.82 Å². The third kappa shape index (κ3) is 4.06. The minimum absolute atomic E-state index is 0.0783. The zero-order chi connectivity index (χ0) is 14.5. The summed E-state index contributed by atoms with van der Waals surface area (Å²) in [5.74, 6) is -0.724. The number of carbonyl (C=O) groups is 1. The first-order valence-corrected chi connectivity index (χ1v) is 6.89. The van der Waals surface area contributed by atoms with Crippen molar-refractivity contribution in [3.63, 3.8) is 0 Å². The predicted octanol–water partition coefficient (Wildman–Crippen LogP) is 3.95. The van der Waals surface area contributed by atoms with E-state index >= 15 is 0 Å². The van der Waals surface area contributed by atoms with Crippen molar-refractivity contribution in [3.05, 3.63) is 58.3 Å². The molecule has 0 fully saturated rings. The lowest BCUT2D eigenvalue weighted by molar-refractivity contribution is -0.114. The SMILES string of the molecule is Cc1ccc(NC(=O)CNc2ccc(Br)cc2)c(F)c1. The minimum atomic E-state index is -0.429. The van der Waals surface area contributed by atoms with Crippen molar-refractivity contribution in [2.75, 3.05) is 17.2 Å². The molecule has 0 saturated heterocycles. The van der Waals surface area contributed by atoms with Gasteiger partial charge in [-0.3, -0.25) is 4.79 Å². The molecule has 0 aliphatic heterocycles. The Morgan fingerprint density at radius 3 is 2.55 bits per heavy atom. The first-order chi connectivity index (χ1) is 9.54. The second kappa shape index (κ2) is 6.52. The highest BCUT2D eigenvalue weighted by molar-refractivity contribution is 9.10.